The maximum absolute atomic E-state index is 13.0. The van der Waals surface area contributed by atoms with Crippen LogP contribution in [-0.2, 0) is 0 Å². The zero-order valence-electron chi connectivity index (χ0n) is 13.0. The smallest absolute Gasteiger partial charge is 0.335 e. The third-order valence-corrected chi connectivity index (χ3v) is 4.72. The standard InChI is InChI=1S/C19H10BrNO5/c20-10-6-9-2-1-3-12-16(9)14(7-10)18(24)21(17(12)23)11-4-5-15(22)13(8-11)19(25)26/h1-8,22H,(H,25,26)/p-1. The van der Waals surface area contributed by atoms with Crippen molar-refractivity contribution in [1.82, 2.24) is 0 Å². The number of carbonyl (C=O) groups is 3. The van der Waals surface area contributed by atoms with Crippen molar-refractivity contribution in [3.8, 4) is 5.75 Å². The molecule has 2 amide bonds. The number of hydrogen-bond acceptors (Lipinski definition) is 4. The summed E-state index contributed by atoms with van der Waals surface area (Å²) in [4.78, 5) is 38.0. The largest absolute Gasteiger partial charge is 0.872 e. The number of benzene rings is 3. The Labute approximate surface area is 155 Å². The Kier molecular flexibility index (Phi) is 3.55. The number of hydrogen-bond donors (Lipinski definition) is 1. The van der Waals surface area contributed by atoms with Gasteiger partial charge in [-0.05, 0) is 35.7 Å². The molecule has 1 heterocycles. The van der Waals surface area contributed by atoms with Crippen LogP contribution in [0.25, 0.3) is 10.8 Å². The predicted molar refractivity (Wildman–Crippen MR) is 95.6 cm³/mol. The predicted octanol–water partition coefficient (Wildman–Crippen LogP) is 3.17. The Morgan fingerprint density at radius 2 is 1.73 bits per heavy atom. The highest BCUT2D eigenvalue weighted by molar-refractivity contribution is 9.10. The molecule has 0 saturated heterocycles. The van der Waals surface area contributed by atoms with Crippen LogP contribution < -0.4 is 10.0 Å². The SMILES string of the molecule is O=C(O)c1cc(N2C(=O)c3cccc4cc(Br)cc(c34)C2=O)ccc1[O-]. The van der Waals surface area contributed by atoms with Crippen LogP contribution in [0.1, 0.15) is 31.1 Å². The number of amides is 2. The molecule has 0 bridgehead atoms. The number of nitrogens with zero attached hydrogens (tertiary/aromatic N) is 1. The van der Waals surface area contributed by atoms with Crippen molar-refractivity contribution in [2.75, 3.05) is 4.90 Å². The number of carbonyl (C=O) groups excluding carboxylic acids is 2. The molecule has 0 unspecified atom stereocenters. The summed E-state index contributed by atoms with van der Waals surface area (Å²) in [5, 5.41) is 22.1. The van der Waals surface area contributed by atoms with E-state index in [1.807, 2.05) is 6.07 Å². The first-order valence-electron chi connectivity index (χ1n) is 7.54. The normalized spacial score (nSPS) is 13.3. The van der Waals surface area contributed by atoms with Crippen molar-refractivity contribution in [2.24, 2.45) is 0 Å². The average molecular weight is 411 g/mol. The molecule has 0 aromatic heterocycles. The molecule has 6 nitrogen and oxygen atoms in total. The highest BCUT2D eigenvalue weighted by Crippen LogP contribution is 2.35. The molecule has 7 heteroatoms. The molecule has 3 aromatic rings. The van der Waals surface area contributed by atoms with E-state index in [0.29, 0.717) is 21.0 Å². The molecule has 0 atom stereocenters. The molecular weight excluding hydrogens is 402 g/mol. The van der Waals surface area contributed by atoms with Crippen LogP contribution in [0, 0.1) is 0 Å². The molecule has 0 fully saturated rings. The Bertz CT molecular complexity index is 1140. The first-order valence-corrected chi connectivity index (χ1v) is 8.33. The third kappa shape index (κ3) is 2.28. The maximum Gasteiger partial charge on any atom is 0.335 e. The lowest BCUT2D eigenvalue weighted by atomic mass is 9.93. The van der Waals surface area contributed by atoms with Gasteiger partial charge in [-0.3, -0.25) is 9.59 Å². The second kappa shape index (κ2) is 5.67. The van der Waals surface area contributed by atoms with Crippen molar-refractivity contribution in [1.29, 1.82) is 0 Å². The van der Waals surface area contributed by atoms with Gasteiger partial charge in [-0.1, -0.05) is 39.9 Å². The number of imide groups is 1. The number of carboxylic acids is 1. The van der Waals surface area contributed by atoms with E-state index in [4.69, 9.17) is 5.11 Å². The second-order valence-electron chi connectivity index (χ2n) is 5.79. The van der Waals surface area contributed by atoms with Crippen LogP contribution in [0.2, 0.25) is 0 Å². The lowest BCUT2D eigenvalue weighted by molar-refractivity contribution is -0.268. The van der Waals surface area contributed by atoms with E-state index in [1.54, 1.807) is 24.3 Å². The topological polar surface area (TPSA) is 97.7 Å². The van der Waals surface area contributed by atoms with Crippen LogP contribution >= 0.6 is 15.9 Å². The first kappa shape index (κ1) is 16.3. The van der Waals surface area contributed by atoms with Crippen LogP contribution in [-0.4, -0.2) is 22.9 Å². The zero-order chi connectivity index (χ0) is 18.6. The molecule has 0 radical (unpaired) electrons. The van der Waals surface area contributed by atoms with Crippen molar-refractivity contribution in [3.05, 3.63) is 69.7 Å². The molecule has 0 spiro atoms. The van der Waals surface area contributed by atoms with Gasteiger partial charge in [-0.25, -0.2) is 9.69 Å². The van der Waals surface area contributed by atoms with E-state index in [0.717, 1.165) is 22.4 Å². The van der Waals surface area contributed by atoms with E-state index < -0.39 is 29.1 Å². The van der Waals surface area contributed by atoms with E-state index in [1.165, 1.54) is 6.07 Å². The van der Waals surface area contributed by atoms with E-state index in [2.05, 4.69) is 15.9 Å². The minimum absolute atomic E-state index is 0.0413. The zero-order valence-corrected chi connectivity index (χ0v) is 14.6. The molecule has 1 N–H and O–H groups in total. The minimum Gasteiger partial charge on any atom is -0.872 e. The van der Waals surface area contributed by atoms with Gasteiger partial charge in [-0.2, -0.15) is 0 Å². The fourth-order valence-electron chi connectivity index (χ4n) is 3.13. The summed E-state index contributed by atoms with van der Waals surface area (Å²) in [6.07, 6.45) is 0. The monoisotopic (exact) mass is 410 g/mol. The van der Waals surface area contributed by atoms with Gasteiger partial charge in [0.1, 0.15) is 0 Å². The van der Waals surface area contributed by atoms with Crippen molar-refractivity contribution < 1.29 is 24.6 Å². The Morgan fingerprint density at radius 1 is 1.00 bits per heavy atom. The van der Waals surface area contributed by atoms with Gasteiger partial charge in [0.2, 0.25) is 0 Å². The summed E-state index contributed by atoms with van der Waals surface area (Å²) in [6.45, 7) is 0. The maximum atomic E-state index is 13.0. The molecule has 1 aliphatic rings. The summed E-state index contributed by atoms with van der Waals surface area (Å²) >= 11 is 3.36. The van der Waals surface area contributed by atoms with Gasteiger partial charge in [0, 0.05) is 15.4 Å². The molecule has 4 rings (SSSR count). The highest BCUT2D eigenvalue weighted by atomic mass is 79.9. The summed E-state index contributed by atoms with van der Waals surface area (Å²) in [7, 11) is 0. The Balaban J connectivity index is 1.96. The average Bonchev–Trinajstić information content (AvgIpc) is 2.60. The van der Waals surface area contributed by atoms with Crippen LogP contribution in [0.3, 0.4) is 0 Å². The van der Waals surface area contributed by atoms with E-state index >= 15 is 0 Å². The van der Waals surface area contributed by atoms with E-state index in [9.17, 15) is 19.5 Å². The van der Waals surface area contributed by atoms with Gasteiger partial charge in [0.25, 0.3) is 11.8 Å². The van der Waals surface area contributed by atoms with E-state index in [-0.39, 0.29) is 5.69 Å². The molecular formula is C19H9BrNO5-. The van der Waals surface area contributed by atoms with Crippen LogP contribution in [0.5, 0.6) is 5.75 Å². The minimum atomic E-state index is -1.42. The first-order chi connectivity index (χ1) is 12.4. The van der Waals surface area contributed by atoms with Crippen LogP contribution in [0.15, 0.2) is 53.0 Å². The molecule has 128 valence electrons. The molecule has 3 aromatic carbocycles. The molecule has 0 saturated carbocycles. The lowest BCUT2D eigenvalue weighted by Gasteiger charge is -2.28. The Morgan fingerprint density at radius 3 is 2.46 bits per heavy atom. The van der Waals surface area contributed by atoms with Crippen molar-refractivity contribution in [3.63, 3.8) is 0 Å². The van der Waals surface area contributed by atoms with Gasteiger partial charge in [0.15, 0.2) is 0 Å². The fraction of sp³-hybridized carbons (Fsp3) is 0. The van der Waals surface area contributed by atoms with Crippen LogP contribution in [0.4, 0.5) is 5.69 Å². The van der Waals surface area contributed by atoms with Gasteiger partial charge >= 0.3 is 5.97 Å². The summed E-state index contributed by atoms with van der Waals surface area (Å²) in [6, 6.07) is 11.9. The molecule has 1 aliphatic heterocycles. The fourth-order valence-corrected chi connectivity index (χ4v) is 3.61. The number of aromatic carboxylic acids is 1. The van der Waals surface area contributed by atoms with Crippen molar-refractivity contribution in [2.45, 2.75) is 0 Å². The quantitative estimate of drug-likeness (QED) is 0.654. The second-order valence-corrected chi connectivity index (χ2v) is 6.70. The van der Waals surface area contributed by atoms with Gasteiger partial charge < -0.3 is 10.2 Å². The Hall–Kier alpha value is -3.19. The number of halogens is 1. The van der Waals surface area contributed by atoms with Gasteiger partial charge in [0.05, 0.1) is 16.8 Å². The number of carboxylic acid groups (broad SMARTS) is 1. The molecule has 26 heavy (non-hydrogen) atoms. The van der Waals surface area contributed by atoms with Gasteiger partial charge in [-0.15, -0.1) is 0 Å². The number of rotatable bonds is 2. The van der Waals surface area contributed by atoms with Crippen molar-refractivity contribution >= 4 is 50.2 Å². The summed E-state index contributed by atoms with van der Waals surface area (Å²) in [5.74, 6) is -3.25. The highest BCUT2D eigenvalue weighted by Gasteiger charge is 2.34. The summed E-state index contributed by atoms with van der Waals surface area (Å²) < 4.78 is 0.681. The summed E-state index contributed by atoms with van der Waals surface area (Å²) in [5.41, 5.74) is 0.210. The lowest BCUT2D eigenvalue weighted by Crippen LogP contribution is -2.40. The third-order valence-electron chi connectivity index (χ3n) is 4.26. The molecule has 0 aliphatic carbocycles. The number of anilines is 1.